The van der Waals surface area contributed by atoms with Gasteiger partial charge in [0.15, 0.2) is 0 Å². The van der Waals surface area contributed by atoms with Gasteiger partial charge in [-0.1, -0.05) is 60.3 Å². The van der Waals surface area contributed by atoms with E-state index in [0.717, 1.165) is 17.3 Å². The van der Waals surface area contributed by atoms with Gasteiger partial charge in [0.2, 0.25) is 0 Å². The SMILES string of the molecule is CSC(=O)S(C)=NS(=O)(=O)c1ccccc1-c1ccccc1. The third-order valence-corrected chi connectivity index (χ3v) is 7.50. The quantitative estimate of drug-likeness (QED) is 0.838. The molecule has 0 fully saturated rings. The first-order valence-corrected chi connectivity index (χ1v) is 10.6. The summed E-state index contributed by atoms with van der Waals surface area (Å²) in [4.78, 5) is 11.7. The molecule has 22 heavy (non-hydrogen) atoms. The van der Waals surface area contributed by atoms with Crippen LogP contribution in [0.1, 0.15) is 0 Å². The van der Waals surface area contributed by atoms with E-state index in [1.807, 2.05) is 30.3 Å². The smallest absolute Gasteiger partial charge is 0.273 e. The van der Waals surface area contributed by atoms with E-state index in [-0.39, 0.29) is 9.34 Å². The van der Waals surface area contributed by atoms with Crippen molar-refractivity contribution in [3.8, 4) is 11.1 Å². The molecule has 0 amide bonds. The molecule has 0 aliphatic rings. The van der Waals surface area contributed by atoms with E-state index in [4.69, 9.17) is 0 Å². The zero-order valence-corrected chi connectivity index (χ0v) is 14.5. The summed E-state index contributed by atoms with van der Waals surface area (Å²) in [7, 11) is -5.08. The second kappa shape index (κ2) is 7.21. The summed E-state index contributed by atoms with van der Waals surface area (Å²) in [6, 6.07) is 15.9. The molecule has 0 saturated heterocycles. The van der Waals surface area contributed by atoms with Gasteiger partial charge < -0.3 is 0 Å². The van der Waals surface area contributed by atoms with Crippen molar-refractivity contribution in [3.05, 3.63) is 54.6 Å². The zero-order chi connectivity index (χ0) is 16.2. The molecule has 2 aromatic carbocycles. The largest absolute Gasteiger partial charge is 0.288 e. The van der Waals surface area contributed by atoms with Crippen LogP contribution < -0.4 is 0 Å². The summed E-state index contributed by atoms with van der Waals surface area (Å²) in [6.07, 6.45) is 3.13. The Morgan fingerprint density at radius 2 is 1.64 bits per heavy atom. The summed E-state index contributed by atoms with van der Waals surface area (Å²) >= 11 is 0.985. The van der Waals surface area contributed by atoms with Crippen LogP contribution in [0.25, 0.3) is 11.1 Å². The van der Waals surface area contributed by atoms with Gasteiger partial charge in [0, 0.05) is 11.8 Å². The molecule has 0 saturated carbocycles. The van der Waals surface area contributed by atoms with Crippen LogP contribution in [0.2, 0.25) is 0 Å². The topological polar surface area (TPSA) is 63.6 Å². The predicted molar refractivity (Wildman–Crippen MR) is 93.7 cm³/mol. The van der Waals surface area contributed by atoms with Crippen LogP contribution in [-0.4, -0.2) is 25.4 Å². The van der Waals surface area contributed by atoms with Gasteiger partial charge in [0.25, 0.3) is 14.5 Å². The van der Waals surface area contributed by atoms with Gasteiger partial charge in [-0.05, 0) is 28.6 Å². The molecular weight excluding hydrogens is 338 g/mol. The van der Waals surface area contributed by atoms with Crippen LogP contribution in [-0.2, 0) is 20.7 Å². The summed E-state index contributed by atoms with van der Waals surface area (Å²) in [6.45, 7) is 0. The van der Waals surface area contributed by atoms with Crippen molar-refractivity contribution in [2.24, 2.45) is 3.77 Å². The van der Waals surface area contributed by atoms with E-state index in [1.165, 1.54) is 12.3 Å². The molecule has 1 atom stereocenters. The molecule has 0 heterocycles. The first kappa shape index (κ1) is 16.9. The number of rotatable bonds is 3. The van der Waals surface area contributed by atoms with Crippen molar-refractivity contribution < 1.29 is 13.2 Å². The Hall–Kier alpha value is -1.44. The molecule has 2 aromatic rings. The van der Waals surface area contributed by atoms with E-state index in [1.54, 1.807) is 24.5 Å². The summed E-state index contributed by atoms with van der Waals surface area (Å²) in [5, 5.41) is 0. The van der Waals surface area contributed by atoms with Gasteiger partial charge in [-0.25, -0.2) is 0 Å². The number of nitrogens with zero attached hydrogens (tertiary/aromatic N) is 1. The van der Waals surface area contributed by atoms with Gasteiger partial charge in [0.1, 0.15) is 0 Å². The first-order valence-electron chi connectivity index (χ1n) is 6.32. The average molecular weight is 353 g/mol. The summed E-state index contributed by atoms with van der Waals surface area (Å²) < 4.78 is 28.6. The van der Waals surface area contributed by atoms with Crippen LogP contribution in [0.4, 0.5) is 4.79 Å². The Labute approximate surface area is 137 Å². The molecule has 0 aliphatic heterocycles. The second-order valence-electron chi connectivity index (χ2n) is 4.34. The van der Waals surface area contributed by atoms with Crippen molar-refractivity contribution >= 4 is 36.9 Å². The molecule has 2 rings (SSSR count). The Bertz CT molecular complexity index is 815. The summed E-state index contributed by atoms with van der Waals surface area (Å²) in [5.41, 5.74) is 1.38. The number of carbonyl (C=O) groups is 1. The lowest BCUT2D eigenvalue weighted by Crippen LogP contribution is -2.05. The Morgan fingerprint density at radius 1 is 1.05 bits per heavy atom. The fraction of sp³-hybridized carbons (Fsp3) is 0.133. The van der Waals surface area contributed by atoms with Crippen LogP contribution in [0.5, 0.6) is 0 Å². The zero-order valence-electron chi connectivity index (χ0n) is 12.1. The number of hydrogen-bond acceptors (Lipinski definition) is 4. The van der Waals surface area contributed by atoms with Crippen LogP contribution in [0.15, 0.2) is 63.3 Å². The lowest BCUT2D eigenvalue weighted by Gasteiger charge is -2.08. The monoisotopic (exact) mass is 353 g/mol. The second-order valence-corrected chi connectivity index (χ2v) is 8.69. The van der Waals surface area contributed by atoms with Gasteiger partial charge >= 0.3 is 0 Å². The number of sulfonamides is 1. The normalized spacial score (nSPS) is 13.0. The highest BCUT2D eigenvalue weighted by Crippen LogP contribution is 2.28. The third kappa shape index (κ3) is 3.85. The molecule has 0 spiro atoms. The van der Waals surface area contributed by atoms with Crippen LogP contribution in [0, 0.1) is 0 Å². The van der Waals surface area contributed by atoms with Crippen molar-refractivity contribution in [1.29, 1.82) is 0 Å². The molecule has 0 aliphatic carbocycles. The lowest BCUT2D eigenvalue weighted by atomic mass is 10.1. The maximum atomic E-state index is 12.5. The number of carbonyl (C=O) groups excluding carboxylic acids is 1. The lowest BCUT2D eigenvalue weighted by molar-refractivity contribution is 0.276. The number of thioether (sulfide) groups is 1. The molecule has 116 valence electrons. The number of benzene rings is 2. The minimum atomic E-state index is -3.89. The van der Waals surface area contributed by atoms with E-state index in [9.17, 15) is 13.2 Å². The third-order valence-electron chi connectivity index (χ3n) is 2.87. The summed E-state index contributed by atoms with van der Waals surface area (Å²) in [5.74, 6) is 0. The van der Waals surface area contributed by atoms with E-state index in [0.29, 0.717) is 5.56 Å². The highest BCUT2D eigenvalue weighted by Gasteiger charge is 2.19. The molecule has 0 aromatic heterocycles. The number of hydrogen-bond donors (Lipinski definition) is 0. The van der Waals surface area contributed by atoms with Gasteiger partial charge in [-0.2, -0.15) is 8.42 Å². The van der Waals surface area contributed by atoms with Crippen LogP contribution >= 0.6 is 11.8 Å². The van der Waals surface area contributed by atoms with Crippen molar-refractivity contribution in [2.75, 3.05) is 12.5 Å². The van der Waals surface area contributed by atoms with E-state index >= 15 is 0 Å². The van der Waals surface area contributed by atoms with Crippen molar-refractivity contribution in [3.63, 3.8) is 0 Å². The molecule has 7 heteroatoms. The fourth-order valence-electron chi connectivity index (χ4n) is 1.89. The Kier molecular flexibility index (Phi) is 5.55. The molecule has 1 unspecified atom stereocenters. The van der Waals surface area contributed by atoms with Gasteiger partial charge in [0.05, 0.1) is 4.90 Å². The highest BCUT2D eigenvalue weighted by molar-refractivity contribution is 8.34. The molecule has 0 radical (unpaired) electrons. The van der Waals surface area contributed by atoms with Gasteiger partial charge in [-0.15, -0.1) is 3.77 Å². The van der Waals surface area contributed by atoms with Gasteiger partial charge in [-0.3, -0.25) is 4.79 Å². The average Bonchev–Trinajstić information content (AvgIpc) is 2.54. The minimum Gasteiger partial charge on any atom is -0.273 e. The standard InChI is InChI=1S/C15H15NO3S3/c1-20-15(17)21(2)16-22(18,19)14-11-7-6-10-13(14)12-8-4-3-5-9-12/h3-11H,1-2H3. The van der Waals surface area contributed by atoms with E-state index < -0.39 is 20.7 Å². The molecular formula is C15H15NO3S3. The Morgan fingerprint density at radius 3 is 2.27 bits per heavy atom. The van der Waals surface area contributed by atoms with Crippen LogP contribution in [0.3, 0.4) is 0 Å². The molecule has 4 nitrogen and oxygen atoms in total. The molecule has 0 bridgehead atoms. The Balaban J connectivity index is 2.56. The first-order chi connectivity index (χ1) is 10.5. The maximum Gasteiger partial charge on any atom is 0.288 e. The predicted octanol–water partition coefficient (Wildman–Crippen LogP) is 3.96. The van der Waals surface area contributed by atoms with Crippen molar-refractivity contribution in [2.45, 2.75) is 4.90 Å². The minimum absolute atomic E-state index is 0.120. The fourth-order valence-corrected chi connectivity index (χ4v) is 5.58. The highest BCUT2D eigenvalue weighted by atomic mass is 32.3. The van der Waals surface area contributed by atoms with Crippen molar-refractivity contribution in [1.82, 2.24) is 0 Å². The molecule has 0 N–H and O–H groups in total. The maximum absolute atomic E-state index is 12.5. The van der Waals surface area contributed by atoms with E-state index in [2.05, 4.69) is 3.77 Å².